The van der Waals surface area contributed by atoms with E-state index in [0.29, 0.717) is 17.0 Å². The second-order valence-electron chi connectivity index (χ2n) is 3.49. The molecule has 0 aromatic carbocycles. The molecule has 0 fully saturated rings. The molecule has 0 spiro atoms. The zero-order chi connectivity index (χ0) is 13.0. The maximum Gasteiger partial charge on any atom is 0.253 e. The van der Waals surface area contributed by atoms with Crippen LogP contribution in [0.15, 0.2) is 16.6 Å². The third kappa shape index (κ3) is 4.50. The van der Waals surface area contributed by atoms with Gasteiger partial charge in [0.15, 0.2) is 0 Å². The van der Waals surface area contributed by atoms with Crippen LogP contribution < -0.4 is 0 Å². The summed E-state index contributed by atoms with van der Waals surface area (Å²) in [5, 5.41) is 0.886. The van der Waals surface area contributed by atoms with Crippen molar-refractivity contribution in [2.75, 3.05) is 14.1 Å². The Morgan fingerprint density at radius 3 is 2.29 bits per heavy atom. The number of hydrogen-bond donors (Lipinski definition) is 0. The fourth-order valence-electron chi connectivity index (χ4n) is 0.983. The molecule has 0 unspecified atom stereocenters. The average Bonchev–Trinajstić information content (AvgIpc) is 2.20. The highest BCUT2D eigenvalue weighted by Crippen LogP contribution is 2.26. The second kappa shape index (κ2) is 6.19. The Kier molecular flexibility index (Phi) is 5.18. The first-order valence-corrected chi connectivity index (χ1v) is 5.79. The quantitative estimate of drug-likeness (QED) is 0.486. The van der Waals surface area contributed by atoms with Crippen LogP contribution in [0.5, 0.6) is 0 Å². The summed E-state index contributed by atoms with van der Waals surface area (Å²) < 4.78 is 0. The van der Waals surface area contributed by atoms with E-state index in [2.05, 4.69) is 21.5 Å². The predicted molar refractivity (Wildman–Crippen MR) is 72.6 cm³/mol. The van der Waals surface area contributed by atoms with Crippen molar-refractivity contribution >= 4 is 47.1 Å². The minimum Gasteiger partial charge on any atom is -0.369 e. The van der Waals surface area contributed by atoms with Crippen LogP contribution in [0.3, 0.4) is 0 Å². The highest BCUT2D eigenvalue weighted by molar-refractivity contribution is 6.35. The van der Waals surface area contributed by atoms with Crippen LogP contribution in [-0.4, -0.2) is 35.3 Å². The maximum absolute atomic E-state index is 5.97. The van der Waals surface area contributed by atoms with E-state index in [-0.39, 0.29) is 16.3 Å². The van der Waals surface area contributed by atoms with E-state index in [0.717, 1.165) is 0 Å². The van der Waals surface area contributed by atoms with Gasteiger partial charge in [-0.3, -0.25) is 0 Å². The normalized spacial score (nSPS) is 10.9. The van der Waals surface area contributed by atoms with Gasteiger partial charge in [-0.2, -0.15) is 9.97 Å². The van der Waals surface area contributed by atoms with Crippen LogP contribution in [0.2, 0.25) is 10.3 Å². The minimum absolute atomic E-state index is 0.206. The zero-order valence-electron chi connectivity index (χ0n) is 9.41. The topological polar surface area (TPSA) is 41.4 Å². The van der Waals surface area contributed by atoms with Gasteiger partial charge >= 0.3 is 0 Å². The molecule has 1 aromatic heterocycles. The average molecular weight is 294 g/mol. The molecule has 92 valence electrons. The molecule has 1 rings (SSSR count). The molecule has 7 heteroatoms. The molecule has 0 radical (unpaired) electrons. The van der Waals surface area contributed by atoms with Gasteiger partial charge in [0.05, 0.1) is 6.34 Å². The summed E-state index contributed by atoms with van der Waals surface area (Å²) in [7, 11) is 3.66. The summed E-state index contributed by atoms with van der Waals surface area (Å²) in [5.74, 6) is 0.206. The van der Waals surface area contributed by atoms with Gasteiger partial charge in [0.1, 0.15) is 10.3 Å². The summed E-state index contributed by atoms with van der Waals surface area (Å²) in [4.78, 5) is 13.8. The SMILES string of the molecule is C=C(Cl)Cc1c(Cl)nc(/N=C/N(C)C)nc1Cl. The molecule has 0 aliphatic carbocycles. The maximum atomic E-state index is 5.97. The Bertz CT molecular complexity index is 434. The number of aromatic nitrogens is 2. The van der Waals surface area contributed by atoms with E-state index in [9.17, 15) is 0 Å². The lowest BCUT2D eigenvalue weighted by Gasteiger charge is -2.06. The summed E-state index contributed by atoms with van der Waals surface area (Å²) in [6.07, 6.45) is 1.89. The highest BCUT2D eigenvalue weighted by Gasteiger charge is 2.11. The molecule has 0 bridgehead atoms. The van der Waals surface area contributed by atoms with Gasteiger partial charge in [-0.15, -0.1) is 0 Å². The summed E-state index contributed by atoms with van der Waals surface area (Å²) >= 11 is 17.6. The van der Waals surface area contributed by atoms with Gasteiger partial charge < -0.3 is 4.90 Å². The van der Waals surface area contributed by atoms with Crippen LogP contribution in [0, 0.1) is 0 Å². The summed E-state index contributed by atoms with van der Waals surface area (Å²) in [6, 6.07) is 0. The Morgan fingerprint density at radius 1 is 1.35 bits per heavy atom. The predicted octanol–water partition coefficient (Wildman–Crippen LogP) is 3.30. The van der Waals surface area contributed by atoms with Crippen molar-refractivity contribution in [3.63, 3.8) is 0 Å². The summed E-state index contributed by atoms with van der Waals surface area (Å²) in [5.41, 5.74) is 0.553. The Labute approximate surface area is 115 Å². The van der Waals surface area contributed by atoms with Crippen molar-refractivity contribution in [2.45, 2.75) is 6.42 Å². The molecule has 4 nitrogen and oxygen atoms in total. The zero-order valence-corrected chi connectivity index (χ0v) is 11.7. The molecule has 0 aliphatic heterocycles. The van der Waals surface area contributed by atoms with E-state index in [1.54, 1.807) is 11.2 Å². The van der Waals surface area contributed by atoms with Gasteiger partial charge in [-0.1, -0.05) is 41.4 Å². The molecule has 0 saturated heterocycles. The lowest BCUT2D eigenvalue weighted by atomic mass is 10.2. The third-order valence-corrected chi connectivity index (χ3v) is 2.43. The largest absolute Gasteiger partial charge is 0.369 e. The van der Waals surface area contributed by atoms with Crippen LogP contribution in [0.4, 0.5) is 5.95 Å². The number of hydrogen-bond acceptors (Lipinski definition) is 3. The monoisotopic (exact) mass is 292 g/mol. The van der Waals surface area contributed by atoms with Crippen molar-refractivity contribution in [2.24, 2.45) is 4.99 Å². The van der Waals surface area contributed by atoms with E-state index in [1.807, 2.05) is 14.1 Å². The standard InChI is InChI=1S/C10H11Cl3N4/c1-6(11)4-7-8(12)15-10(16-9(7)13)14-5-17(2)3/h5H,1,4H2,2-3H3/b14-5+. The van der Waals surface area contributed by atoms with Crippen LogP contribution in [0.1, 0.15) is 5.56 Å². The van der Waals surface area contributed by atoms with Crippen molar-refractivity contribution in [3.8, 4) is 0 Å². The van der Waals surface area contributed by atoms with E-state index < -0.39 is 0 Å². The fraction of sp³-hybridized carbons (Fsp3) is 0.300. The number of halogens is 3. The molecule has 17 heavy (non-hydrogen) atoms. The molecular formula is C10H11Cl3N4. The molecule has 0 aliphatic rings. The molecule has 0 saturated carbocycles. The first-order valence-electron chi connectivity index (χ1n) is 4.66. The smallest absolute Gasteiger partial charge is 0.253 e. The molecule has 1 aromatic rings. The van der Waals surface area contributed by atoms with Crippen molar-refractivity contribution in [3.05, 3.63) is 27.5 Å². The van der Waals surface area contributed by atoms with Crippen LogP contribution >= 0.6 is 34.8 Å². The van der Waals surface area contributed by atoms with E-state index >= 15 is 0 Å². The number of allylic oxidation sites excluding steroid dienone is 1. The molecule has 0 N–H and O–H groups in total. The minimum atomic E-state index is 0.206. The van der Waals surface area contributed by atoms with Crippen molar-refractivity contribution in [1.82, 2.24) is 14.9 Å². The van der Waals surface area contributed by atoms with Gasteiger partial charge in [0.25, 0.3) is 5.95 Å². The molecule has 1 heterocycles. The van der Waals surface area contributed by atoms with Crippen LogP contribution in [0.25, 0.3) is 0 Å². The Hall–Kier alpha value is -0.840. The van der Waals surface area contributed by atoms with Gasteiger partial charge in [-0.05, 0) is 0 Å². The van der Waals surface area contributed by atoms with Gasteiger partial charge in [0, 0.05) is 31.1 Å². The van der Waals surface area contributed by atoms with Crippen molar-refractivity contribution in [1.29, 1.82) is 0 Å². The van der Waals surface area contributed by atoms with E-state index in [4.69, 9.17) is 34.8 Å². The Morgan fingerprint density at radius 2 is 1.88 bits per heavy atom. The van der Waals surface area contributed by atoms with E-state index in [1.165, 1.54) is 0 Å². The van der Waals surface area contributed by atoms with Crippen LogP contribution in [-0.2, 0) is 6.42 Å². The lowest BCUT2D eigenvalue weighted by molar-refractivity contribution is 0.642. The van der Waals surface area contributed by atoms with Crippen molar-refractivity contribution < 1.29 is 0 Å². The number of nitrogens with zero attached hydrogens (tertiary/aromatic N) is 4. The first kappa shape index (κ1) is 14.2. The molecule has 0 amide bonds. The highest BCUT2D eigenvalue weighted by atomic mass is 35.5. The first-order chi connectivity index (χ1) is 7.90. The molecule has 0 atom stereocenters. The second-order valence-corrected chi connectivity index (χ2v) is 4.74. The third-order valence-electron chi connectivity index (χ3n) is 1.67. The number of rotatable bonds is 4. The fourth-order valence-corrected chi connectivity index (χ4v) is 1.63. The lowest BCUT2D eigenvalue weighted by Crippen LogP contribution is -2.07. The Balaban J connectivity index is 3.05. The summed E-state index contributed by atoms with van der Waals surface area (Å²) in [6.45, 7) is 3.57. The molecular weight excluding hydrogens is 282 g/mol. The van der Waals surface area contributed by atoms with Gasteiger partial charge in [0.2, 0.25) is 0 Å². The van der Waals surface area contributed by atoms with Gasteiger partial charge in [-0.25, -0.2) is 4.99 Å². The number of aliphatic imine (C=N–C) groups is 1.